The number of hydrogen-bond donors (Lipinski definition) is 2. The van der Waals surface area contributed by atoms with Gasteiger partial charge in [-0.3, -0.25) is 9.89 Å². The molecule has 1 aromatic carbocycles. The van der Waals surface area contributed by atoms with E-state index in [-0.39, 0.29) is 24.0 Å². The zero-order valence-corrected chi connectivity index (χ0v) is 18.4. The molecule has 0 spiro atoms. The molecule has 0 aliphatic carbocycles. The monoisotopic (exact) mass is 486 g/mol. The molecule has 142 valence electrons. The third kappa shape index (κ3) is 5.42. The fourth-order valence-corrected chi connectivity index (χ4v) is 3.98. The number of methoxy groups -OCH3 is 1. The van der Waals surface area contributed by atoms with Gasteiger partial charge in [0.25, 0.3) is 0 Å². The number of benzene rings is 1. The van der Waals surface area contributed by atoms with Gasteiger partial charge in [0.15, 0.2) is 5.96 Å². The van der Waals surface area contributed by atoms with E-state index in [1.165, 1.54) is 10.4 Å². The molecular formula is C19H27IN4OS. The van der Waals surface area contributed by atoms with Crippen molar-refractivity contribution in [1.82, 2.24) is 4.90 Å². The van der Waals surface area contributed by atoms with Crippen molar-refractivity contribution in [2.45, 2.75) is 32.5 Å². The van der Waals surface area contributed by atoms with Crippen molar-refractivity contribution >= 4 is 47.0 Å². The van der Waals surface area contributed by atoms with E-state index in [9.17, 15) is 0 Å². The second-order valence-electron chi connectivity index (χ2n) is 6.38. The lowest BCUT2D eigenvalue weighted by molar-refractivity contribution is 0.185. The number of nitrogens with zero attached hydrogens (tertiary/aromatic N) is 2. The predicted molar refractivity (Wildman–Crippen MR) is 121 cm³/mol. The maximum Gasteiger partial charge on any atom is 0.193 e. The van der Waals surface area contributed by atoms with Gasteiger partial charge in [0.1, 0.15) is 0 Å². The molecule has 0 amide bonds. The molecule has 1 aromatic heterocycles. The summed E-state index contributed by atoms with van der Waals surface area (Å²) in [6.45, 7) is 5.55. The molecule has 0 fully saturated rings. The first-order valence-electron chi connectivity index (χ1n) is 8.60. The van der Waals surface area contributed by atoms with Crippen molar-refractivity contribution in [3.05, 3.63) is 51.7 Å². The summed E-state index contributed by atoms with van der Waals surface area (Å²) in [5.41, 5.74) is 9.56. The minimum atomic E-state index is 0. The number of nitrogens with two attached hydrogens (primary N) is 1. The van der Waals surface area contributed by atoms with Crippen molar-refractivity contribution in [2.24, 2.45) is 10.7 Å². The highest BCUT2D eigenvalue weighted by atomic mass is 127. The zero-order valence-electron chi connectivity index (χ0n) is 15.3. The van der Waals surface area contributed by atoms with Gasteiger partial charge in [0, 0.05) is 42.4 Å². The number of guanidine groups is 1. The summed E-state index contributed by atoms with van der Waals surface area (Å²) >= 11 is 1.87. The van der Waals surface area contributed by atoms with Crippen LogP contribution >= 0.6 is 35.3 Å². The highest BCUT2D eigenvalue weighted by molar-refractivity contribution is 14.0. The van der Waals surface area contributed by atoms with E-state index in [0.717, 1.165) is 30.8 Å². The summed E-state index contributed by atoms with van der Waals surface area (Å²) in [4.78, 5) is 8.55. The molecule has 1 aliphatic heterocycles. The van der Waals surface area contributed by atoms with Crippen LogP contribution in [0.15, 0.2) is 40.7 Å². The molecular weight excluding hydrogens is 459 g/mol. The standard InChI is InChI=1S/C19H26N4OS.HI/c1-14(23-9-7-18-15(12-23)8-10-25-18)11-21-19(20)22-17-6-4-3-5-16(17)13-24-2;/h3-6,8,10,14H,7,9,11-13H2,1-2H3,(H3,20,21,22);1H. The Kier molecular flexibility index (Phi) is 8.33. The second-order valence-corrected chi connectivity index (χ2v) is 7.38. The summed E-state index contributed by atoms with van der Waals surface area (Å²) in [6.07, 6.45) is 1.14. The van der Waals surface area contributed by atoms with Crippen LogP contribution in [0.2, 0.25) is 0 Å². The average Bonchev–Trinajstić information content (AvgIpc) is 3.09. The minimum Gasteiger partial charge on any atom is -0.380 e. The van der Waals surface area contributed by atoms with Crippen LogP contribution in [-0.4, -0.2) is 37.1 Å². The lowest BCUT2D eigenvalue weighted by Crippen LogP contribution is -2.39. The number of anilines is 1. The van der Waals surface area contributed by atoms with Crippen LogP contribution in [0.3, 0.4) is 0 Å². The first-order chi connectivity index (χ1) is 12.2. The van der Waals surface area contributed by atoms with Gasteiger partial charge in [0.2, 0.25) is 0 Å². The molecule has 3 N–H and O–H groups in total. The molecule has 2 heterocycles. The SMILES string of the molecule is COCc1ccccc1NC(N)=NCC(C)N1CCc2sccc2C1.I. The first-order valence-corrected chi connectivity index (χ1v) is 9.48. The van der Waals surface area contributed by atoms with E-state index in [2.05, 4.69) is 33.6 Å². The fourth-order valence-electron chi connectivity index (χ4n) is 3.09. The van der Waals surface area contributed by atoms with Gasteiger partial charge in [-0.1, -0.05) is 18.2 Å². The normalized spacial score (nSPS) is 15.8. The number of thiophene rings is 1. The van der Waals surface area contributed by atoms with Gasteiger partial charge in [-0.15, -0.1) is 35.3 Å². The number of rotatable bonds is 6. The second kappa shape index (κ2) is 10.2. The molecule has 0 saturated heterocycles. The van der Waals surface area contributed by atoms with Crippen LogP contribution in [0.1, 0.15) is 22.9 Å². The molecule has 1 aliphatic rings. The maximum absolute atomic E-state index is 6.09. The van der Waals surface area contributed by atoms with E-state index >= 15 is 0 Å². The van der Waals surface area contributed by atoms with Crippen molar-refractivity contribution in [2.75, 3.05) is 25.5 Å². The van der Waals surface area contributed by atoms with E-state index in [1.807, 2.05) is 35.6 Å². The Morgan fingerprint density at radius 3 is 3.00 bits per heavy atom. The summed E-state index contributed by atoms with van der Waals surface area (Å²) in [6, 6.07) is 10.6. The Morgan fingerprint density at radius 2 is 2.19 bits per heavy atom. The lowest BCUT2D eigenvalue weighted by Gasteiger charge is -2.31. The quantitative estimate of drug-likeness (QED) is 0.372. The number of hydrogen-bond acceptors (Lipinski definition) is 4. The molecule has 0 radical (unpaired) electrons. The molecule has 2 aromatic rings. The van der Waals surface area contributed by atoms with Gasteiger partial charge < -0.3 is 15.8 Å². The van der Waals surface area contributed by atoms with Crippen molar-refractivity contribution in [3.63, 3.8) is 0 Å². The van der Waals surface area contributed by atoms with Gasteiger partial charge in [-0.05, 0) is 36.4 Å². The Bertz CT molecular complexity index is 734. The number of para-hydroxylation sites is 1. The fraction of sp³-hybridized carbons (Fsp3) is 0.421. The summed E-state index contributed by atoms with van der Waals surface area (Å²) < 4.78 is 5.22. The average molecular weight is 486 g/mol. The maximum atomic E-state index is 6.09. The minimum absolute atomic E-state index is 0. The topological polar surface area (TPSA) is 62.9 Å². The van der Waals surface area contributed by atoms with Crippen LogP contribution in [0, 0.1) is 0 Å². The lowest BCUT2D eigenvalue weighted by atomic mass is 10.1. The summed E-state index contributed by atoms with van der Waals surface area (Å²) in [5.74, 6) is 0.448. The largest absolute Gasteiger partial charge is 0.380 e. The third-order valence-electron chi connectivity index (χ3n) is 4.57. The number of ether oxygens (including phenoxy) is 1. The number of halogens is 1. The van der Waals surface area contributed by atoms with Gasteiger partial charge >= 0.3 is 0 Å². The Morgan fingerprint density at radius 1 is 1.38 bits per heavy atom. The summed E-state index contributed by atoms with van der Waals surface area (Å²) in [5, 5.41) is 5.39. The van der Waals surface area contributed by atoms with Crippen LogP contribution in [-0.2, 0) is 24.3 Å². The Labute approximate surface area is 176 Å². The smallest absolute Gasteiger partial charge is 0.193 e. The predicted octanol–water partition coefficient (Wildman–Crippen LogP) is 3.69. The zero-order chi connectivity index (χ0) is 17.6. The van der Waals surface area contributed by atoms with Gasteiger partial charge in [-0.2, -0.15) is 0 Å². The number of fused-ring (bicyclic) bond motifs is 1. The highest BCUT2D eigenvalue weighted by Crippen LogP contribution is 2.25. The van der Waals surface area contributed by atoms with Crippen LogP contribution in [0.25, 0.3) is 0 Å². The Balaban J connectivity index is 0.00000243. The summed E-state index contributed by atoms with van der Waals surface area (Å²) in [7, 11) is 1.69. The molecule has 26 heavy (non-hydrogen) atoms. The molecule has 5 nitrogen and oxygen atoms in total. The van der Waals surface area contributed by atoms with Gasteiger partial charge in [0.05, 0.1) is 13.2 Å². The van der Waals surface area contributed by atoms with Crippen LogP contribution < -0.4 is 11.1 Å². The van der Waals surface area contributed by atoms with E-state index in [0.29, 0.717) is 25.2 Å². The van der Waals surface area contributed by atoms with Crippen molar-refractivity contribution < 1.29 is 4.74 Å². The van der Waals surface area contributed by atoms with Crippen molar-refractivity contribution in [3.8, 4) is 0 Å². The molecule has 3 rings (SSSR count). The molecule has 1 atom stereocenters. The third-order valence-corrected chi connectivity index (χ3v) is 5.59. The molecule has 0 saturated carbocycles. The van der Waals surface area contributed by atoms with E-state index < -0.39 is 0 Å². The molecule has 1 unspecified atom stereocenters. The van der Waals surface area contributed by atoms with E-state index in [4.69, 9.17) is 10.5 Å². The number of nitrogens with one attached hydrogen (secondary N) is 1. The highest BCUT2D eigenvalue weighted by Gasteiger charge is 2.21. The van der Waals surface area contributed by atoms with Crippen LogP contribution in [0.4, 0.5) is 5.69 Å². The molecule has 7 heteroatoms. The Hall–Kier alpha value is -1.16. The number of aliphatic imine (C=N–C) groups is 1. The van der Waals surface area contributed by atoms with Crippen molar-refractivity contribution in [1.29, 1.82) is 0 Å². The van der Waals surface area contributed by atoms with Gasteiger partial charge in [-0.25, -0.2) is 0 Å². The van der Waals surface area contributed by atoms with Crippen LogP contribution in [0.5, 0.6) is 0 Å². The van der Waals surface area contributed by atoms with E-state index in [1.54, 1.807) is 7.11 Å². The molecule has 0 bridgehead atoms. The first kappa shape index (κ1) is 21.1.